The van der Waals surface area contributed by atoms with Crippen molar-refractivity contribution in [3.05, 3.63) is 18.0 Å². The van der Waals surface area contributed by atoms with Crippen molar-refractivity contribution in [3.8, 4) is 0 Å². The molecule has 0 fully saturated rings. The molecule has 1 rings (SSSR count). The molecule has 0 bridgehead atoms. The smallest absolute Gasteiger partial charge is 0.0534 e. The number of rotatable bonds is 6. The Hall–Kier alpha value is -0.540. The molecule has 0 aromatic carbocycles. The molecule has 1 N–H and O–H groups in total. The standard InChI is InChI=1S/C10H18ClN3/c1-3-10(11)4-5-12-6-9-7-13-14(2)8-9/h7-8,10,12H,3-6H2,1-2H3. The van der Waals surface area contributed by atoms with Crippen molar-refractivity contribution < 1.29 is 0 Å². The lowest BCUT2D eigenvalue weighted by Gasteiger charge is -2.06. The Bertz CT molecular complexity index is 260. The van der Waals surface area contributed by atoms with Crippen molar-refractivity contribution in [3.63, 3.8) is 0 Å². The van der Waals surface area contributed by atoms with E-state index in [9.17, 15) is 0 Å². The van der Waals surface area contributed by atoms with Crippen molar-refractivity contribution in [1.29, 1.82) is 0 Å². The summed E-state index contributed by atoms with van der Waals surface area (Å²) in [7, 11) is 1.93. The van der Waals surface area contributed by atoms with Crippen LogP contribution in [0.2, 0.25) is 0 Å². The summed E-state index contributed by atoms with van der Waals surface area (Å²) in [5, 5.41) is 7.74. The number of halogens is 1. The van der Waals surface area contributed by atoms with Gasteiger partial charge in [-0.25, -0.2) is 0 Å². The topological polar surface area (TPSA) is 29.9 Å². The number of hydrogen-bond donors (Lipinski definition) is 1. The average Bonchev–Trinajstić information content (AvgIpc) is 2.58. The summed E-state index contributed by atoms with van der Waals surface area (Å²) < 4.78 is 1.81. The van der Waals surface area contributed by atoms with Gasteiger partial charge < -0.3 is 5.32 Å². The van der Waals surface area contributed by atoms with Gasteiger partial charge in [-0.3, -0.25) is 4.68 Å². The molecule has 0 saturated carbocycles. The number of hydrogen-bond acceptors (Lipinski definition) is 2. The van der Waals surface area contributed by atoms with Crippen LogP contribution in [0.1, 0.15) is 25.3 Å². The maximum absolute atomic E-state index is 5.99. The largest absolute Gasteiger partial charge is 0.313 e. The van der Waals surface area contributed by atoms with Gasteiger partial charge in [0, 0.05) is 30.7 Å². The van der Waals surface area contributed by atoms with E-state index in [-0.39, 0.29) is 0 Å². The van der Waals surface area contributed by atoms with Crippen LogP contribution in [-0.2, 0) is 13.6 Å². The number of aromatic nitrogens is 2. The SMILES string of the molecule is CCC(Cl)CCNCc1cnn(C)c1. The van der Waals surface area contributed by atoms with Crippen molar-refractivity contribution in [2.24, 2.45) is 7.05 Å². The molecule has 0 aliphatic carbocycles. The van der Waals surface area contributed by atoms with E-state index in [0.29, 0.717) is 5.38 Å². The Kier molecular flexibility index (Phi) is 4.98. The highest BCUT2D eigenvalue weighted by molar-refractivity contribution is 6.20. The molecule has 1 aromatic rings. The molecule has 3 nitrogen and oxygen atoms in total. The first kappa shape index (κ1) is 11.5. The quantitative estimate of drug-likeness (QED) is 0.581. The van der Waals surface area contributed by atoms with Gasteiger partial charge in [0.05, 0.1) is 6.20 Å². The van der Waals surface area contributed by atoms with E-state index in [1.807, 2.05) is 24.1 Å². The fourth-order valence-corrected chi connectivity index (χ4v) is 1.37. The maximum atomic E-state index is 5.99. The van der Waals surface area contributed by atoms with Crippen molar-refractivity contribution in [2.45, 2.75) is 31.7 Å². The molecule has 4 heteroatoms. The summed E-state index contributed by atoms with van der Waals surface area (Å²) >= 11 is 5.99. The van der Waals surface area contributed by atoms with E-state index in [1.54, 1.807) is 0 Å². The molecular weight excluding hydrogens is 198 g/mol. The summed E-state index contributed by atoms with van der Waals surface area (Å²) in [6.45, 7) is 3.96. The number of aryl methyl sites for hydroxylation is 1. The highest BCUT2D eigenvalue weighted by atomic mass is 35.5. The molecule has 0 radical (unpaired) electrons. The van der Waals surface area contributed by atoms with Gasteiger partial charge in [-0.15, -0.1) is 11.6 Å². The van der Waals surface area contributed by atoms with Crippen LogP contribution in [0.4, 0.5) is 0 Å². The normalized spacial score (nSPS) is 13.1. The van der Waals surface area contributed by atoms with Crippen molar-refractivity contribution in [1.82, 2.24) is 15.1 Å². The fourth-order valence-electron chi connectivity index (χ4n) is 1.26. The van der Waals surface area contributed by atoms with Crippen LogP contribution in [0.15, 0.2) is 12.4 Å². The lowest BCUT2D eigenvalue weighted by molar-refractivity contribution is 0.621. The molecule has 0 amide bonds. The maximum Gasteiger partial charge on any atom is 0.0534 e. The minimum absolute atomic E-state index is 0.302. The van der Waals surface area contributed by atoms with Gasteiger partial charge in [-0.05, 0) is 19.4 Å². The second kappa shape index (κ2) is 6.04. The summed E-state index contributed by atoms with van der Waals surface area (Å²) in [5.41, 5.74) is 1.22. The molecule has 0 aliphatic heterocycles. The Labute approximate surface area is 90.4 Å². The summed E-state index contributed by atoms with van der Waals surface area (Å²) in [6.07, 6.45) is 5.96. The molecule has 1 aromatic heterocycles. The molecule has 1 heterocycles. The van der Waals surface area contributed by atoms with E-state index in [0.717, 1.165) is 25.9 Å². The van der Waals surface area contributed by atoms with Gasteiger partial charge >= 0.3 is 0 Å². The molecular formula is C10H18ClN3. The minimum atomic E-state index is 0.302. The van der Waals surface area contributed by atoms with E-state index in [2.05, 4.69) is 17.3 Å². The summed E-state index contributed by atoms with van der Waals surface area (Å²) in [5.74, 6) is 0. The van der Waals surface area contributed by atoms with Crippen LogP contribution in [0.25, 0.3) is 0 Å². The summed E-state index contributed by atoms with van der Waals surface area (Å²) in [6, 6.07) is 0. The highest BCUT2D eigenvalue weighted by Crippen LogP contribution is 2.04. The Morgan fingerprint density at radius 3 is 3.00 bits per heavy atom. The van der Waals surface area contributed by atoms with Gasteiger partial charge in [0.2, 0.25) is 0 Å². The Morgan fingerprint density at radius 1 is 1.64 bits per heavy atom. The average molecular weight is 216 g/mol. The molecule has 0 spiro atoms. The minimum Gasteiger partial charge on any atom is -0.313 e. The van der Waals surface area contributed by atoms with Gasteiger partial charge in [0.25, 0.3) is 0 Å². The first-order valence-corrected chi connectivity index (χ1v) is 5.48. The number of nitrogens with zero attached hydrogens (tertiary/aromatic N) is 2. The Balaban J connectivity index is 2.10. The molecule has 1 atom stereocenters. The van der Waals surface area contributed by atoms with Crippen LogP contribution in [0, 0.1) is 0 Å². The van der Waals surface area contributed by atoms with E-state index >= 15 is 0 Å². The van der Waals surface area contributed by atoms with E-state index in [1.165, 1.54) is 5.56 Å². The highest BCUT2D eigenvalue weighted by Gasteiger charge is 2.00. The van der Waals surface area contributed by atoms with Crippen molar-refractivity contribution in [2.75, 3.05) is 6.54 Å². The van der Waals surface area contributed by atoms with Gasteiger partial charge in [-0.2, -0.15) is 5.10 Å². The zero-order valence-corrected chi connectivity index (χ0v) is 9.59. The van der Waals surface area contributed by atoms with Crippen LogP contribution in [0.5, 0.6) is 0 Å². The zero-order valence-electron chi connectivity index (χ0n) is 8.83. The predicted molar refractivity (Wildman–Crippen MR) is 59.5 cm³/mol. The molecule has 0 aliphatic rings. The van der Waals surface area contributed by atoms with Crippen LogP contribution < -0.4 is 5.32 Å². The number of nitrogens with one attached hydrogen (secondary N) is 1. The fraction of sp³-hybridized carbons (Fsp3) is 0.700. The second-order valence-corrected chi connectivity index (χ2v) is 4.11. The third-order valence-electron chi connectivity index (χ3n) is 2.16. The second-order valence-electron chi connectivity index (χ2n) is 3.49. The lowest BCUT2D eigenvalue weighted by Crippen LogP contribution is -2.17. The zero-order chi connectivity index (χ0) is 10.4. The number of alkyl halides is 1. The first-order chi connectivity index (χ1) is 6.72. The van der Waals surface area contributed by atoms with E-state index < -0.39 is 0 Å². The third-order valence-corrected chi connectivity index (χ3v) is 2.69. The first-order valence-electron chi connectivity index (χ1n) is 5.04. The predicted octanol–water partition coefficient (Wildman–Crippen LogP) is 1.92. The monoisotopic (exact) mass is 215 g/mol. The van der Waals surface area contributed by atoms with Gasteiger partial charge in [-0.1, -0.05) is 6.92 Å². The molecule has 80 valence electrons. The Morgan fingerprint density at radius 2 is 2.43 bits per heavy atom. The van der Waals surface area contributed by atoms with Crippen LogP contribution in [-0.4, -0.2) is 21.7 Å². The molecule has 0 saturated heterocycles. The van der Waals surface area contributed by atoms with Gasteiger partial charge in [0.15, 0.2) is 0 Å². The third kappa shape index (κ3) is 4.11. The lowest BCUT2D eigenvalue weighted by atomic mass is 10.2. The van der Waals surface area contributed by atoms with Crippen LogP contribution >= 0.6 is 11.6 Å². The van der Waals surface area contributed by atoms with E-state index in [4.69, 9.17) is 11.6 Å². The van der Waals surface area contributed by atoms with Gasteiger partial charge in [0.1, 0.15) is 0 Å². The molecule has 14 heavy (non-hydrogen) atoms. The summed E-state index contributed by atoms with van der Waals surface area (Å²) in [4.78, 5) is 0. The van der Waals surface area contributed by atoms with Crippen LogP contribution in [0.3, 0.4) is 0 Å². The van der Waals surface area contributed by atoms with Crippen molar-refractivity contribution >= 4 is 11.6 Å². The molecule has 1 unspecified atom stereocenters.